The van der Waals surface area contributed by atoms with Crippen LogP contribution < -0.4 is 10.1 Å². The number of ether oxygens (including phenoxy) is 2. The first-order valence-corrected chi connectivity index (χ1v) is 9.36. The SMILES string of the molecule is COC(=O)/C=C/c1ccc2ccc(OCC(=O)NC3CCCCC3)cc2c1. The molecule has 2 aromatic carbocycles. The molecular formula is C22H25NO4. The number of carbonyl (C=O) groups excluding carboxylic acids is 2. The molecule has 2 aromatic rings. The molecule has 5 nitrogen and oxygen atoms in total. The highest BCUT2D eigenvalue weighted by atomic mass is 16.5. The summed E-state index contributed by atoms with van der Waals surface area (Å²) in [6.07, 6.45) is 8.84. The number of rotatable bonds is 6. The highest BCUT2D eigenvalue weighted by Gasteiger charge is 2.15. The molecule has 1 N–H and O–H groups in total. The summed E-state index contributed by atoms with van der Waals surface area (Å²) in [4.78, 5) is 23.3. The van der Waals surface area contributed by atoms with Crippen molar-refractivity contribution in [1.29, 1.82) is 0 Å². The van der Waals surface area contributed by atoms with E-state index in [0.717, 1.165) is 29.2 Å². The smallest absolute Gasteiger partial charge is 0.330 e. The van der Waals surface area contributed by atoms with Crippen molar-refractivity contribution >= 4 is 28.7 Å². The molecule has 1 aliphatic rings. The van der Waals surface area contributed by atoms with Crippen LogP contribution in [-0.2, 0) is 14.3 Å². The van der Waals surface area contributed by atoms with Gasteiger partial charge in [0.1, 0.15) is 5.75 Å². The fourth-order valence-corrected chi connectivity index (χ4v) is 3.33. The van der Waals surface area contributed by atoms with Crippen LogP contribution in [0.2, 0.25) is 0 Å². The molecule has 3 rings (SSSR count). The van der Waals surface area contributed by atoms with Crippen molar-refractivity contribution in [2.24, 2.45) is 0 Å². The number of amides is 1. The van der Waals surface area contributed by atoms with Crippen LogP contribution >= 0.6 is 0 Å². The van der Waals surface area contributed by atoms with Gasteiger partial charge in [-0.2, -0.15) is 0 Å². The molecule has 1 aliphatic carbocycles. The van der Waals surface area contributed by atoms with Gasteiger partial charge in [-0.05, 0) is 53.5 Å². The second-order valence-electron chi connectivity index (χ2n) is 6.82. The molecule has 5 heteroatoms. The van der Waals surface area contributed by atoms with Crippen molar-refractivity contribution in [1.82, 2.24) is 5.32 Å². The third-order valence-electron chi connectivity index (χ3n) is 4.79. The number of hydrogen-bond donors (Lipinski definition) is 1. The van der Waals surface area contributed by atoms with Crippen LogP contribution in [0.15, 0.2) is 42.5 Å². The van der Waals surface area contributed by atoms with Crippen molar-refractivity contribution in [2.45, 2.75) is 38.1 Å². The largest absolute Gasteiger partial charge is 0.484 e. The van der Waals surface area contributed by atoms with Gasteiger partial charge >= 0.3 is 5.97 Å². The number of hydrogen-bond acceptors (Lipinski definition) is 4. The van der Waals surface area contributed by atoms with Crippen LogP contribution in [0.5, 0.6) is 5.75 Å². The lowest BCUT2D eigenvalue weighted by atomic mass is 9.95. The van der Waals surface area contributed by atoms with Crippen molar-refractivity contribution in [3.8, 4) is 5.75 Å². The summed E-state index contributed by atoms with van der Waals surface area (Å²) in [6, 6.07) is 11.9. The van der Waals surface area contributed by atoms with E-state index in [1.807, 2.05) is 36.4 Å². The summed E-state index contributed by atoms with van der Waals surface area (Å²) in [5.41, 5.74) is 0.889. The maximum Gasteiger partial charge on any atom is 0.330 e. The van der Waals surface area contributed by atoms with Crippen molar-refractivity contribution in [3.63, 3.8) is 0 Å². The predicted octanol–water partition coefficient (Wildman–Crippen LogP) is 3.85. The van der Waals surface area contributed by atoms with Gasteiger partial charge in [0.25, 0.3) is 5.91 Å². The van der Waals surface area contributed by atoms with E-state index in [4.69, 9.17) is 4.74 Å². The third kappa shape index (κ3) is 5.58. The van der Waals surface area contributed by atoms with Gasteiger partial charge in [0.05, 0.1) is 7.11 Å². The number of fused-ring (bicyclic) bond motifs is 1. The van der Waals surface area contributed by atoms with E-state index in [-0.39, 0.29) is 18.6 Å². The Morgan fingerprint density at radius 2 is 1.85 bits per heavy atom. The van der Waals surface area contributed by atoms with E-state index in [0.29, 0.717) is 5.75 Å². The van der Waals surface area contributed by atoms with E-state index >= 15 is 0 Å². The molecule has 0 spiro atoms. The lowest BCUT2D eigenvalue weighted by Crippen LogP contribution is -2.38. The first-order valence-electron chi connectivity index (χ1n) is 9.36. The van der Waals surface area contributed by atoms with Gasteiger partial charge in [0.2, 0.25) is 0 Å². The van der Waals surface area contributed by atoms with Crippen LogP contribution in [0.1, 0.15) is 37.7 Å². The molecule has 142 valence electrons. The Balaban J connectivity index is 1.61. The van der Waals surface area contributed by atoms with E-state index in [2.05, 4.69) is 10.1 Å². The summed E-state index contributed by atoms with van der Waals surface area (Å²) in [6.45, 7) is 0.0178. The third-order valence-corrected chi connectivity index (χ3v) is 4.79. The minimum atomic E-state index is -0.392. The minimum Gasteiger partial charge on any atom is -0.484 e. The van der Waals surface area contributed by atoms with Gasteiger partial charge in [-0.1, -0.05) is 37.5 Å². The molecule has 1 saturated carbocycles. The highest BCUT2D eigenvalue weighted by Crippen LogP contribution is 2.23. The summed E-state index contributed by atoms with van der Waals surface area (Å²) in [5, 5.41) is 5.09. The highest BCUT2D eigenvalue weighted by molar-refractivity contribution is 5.90. The summed E-state index contributed by atoms with van der Waals surface area (Å²) in [5.74, 6) is 0.184. The first-order chi connectivity index (χ1) is 13.1. The van der Waals surface area contributed by atoms with Gasteiger partial charge in [-0.3, -0.25) is 4.79 Å². The number of esters is 1. The fourth-order valence-electron chi connectivity index (χ4n) is 3.33. The Hall–Kier alpha value is -2.82. The lowest BCUT2D eigenvalue weighted by molar-refractivity contribution is -0.134. The molecule has 0 aliphatic heterocycles. The summed E-state index contributed by atoms with van der Waals surface area (Å²) in [7, 11) is 1.35. The zero-order valence-corrected chi connectivity index (χ0v) is 15.6. The molecule has 0 aromatic heterocycles. The number of methoxy groups -OCH3 is 1. The normalized spacial score (nSPS) is 15.0. The monoisotopic (exact) mass is 367 g/mol. The number of carbonyl (C=O) groups is 2. The van der Waals surface area contributed by atoms with E-state index in [1.54, 1.807) is 6.08 Å². The van der Waals surface area contributed by atoms with E-state index in [9.17, 15) is 9.59 Å². The Labute approximate surface area is 159 Å². The summed E-state index contributed by atoms with van der Waals surface area (Å²) < 4.78 is 10.3. The first kappa shape index (κ1) is 19.0. The second kappa shape index (κ2) is 9.21. The van der Waals surface area contributed by atoms with E-state index < -0.39 is 5.97 Å². The van der Waals surface area contributed by atoms with Crippen LogP contribution in [0, 0.1) is 0 Å². The van der Waals surface area contributed by atoms with Crippen LogP contribution in [-0.4, -0.2) is 31.6 Å². The van der Waals surface area contributed by atoms with E-state index in [1.165, 1.54) is 32.4 Å². The Kier molecular flexibility index (Phi) is 6.47. The van der Waals surface area contributed by atoms with Crippen LogP contribution in [0.25, 0.3) is 16.8 Å². The number of benzene rings is 2. The van der Waals surface area contributed by atoms with Crippen molar-refractivity contribution < 1.29 is 19.1 Å². The average Bonchev–Trinajstić information content (AvgIpc) is 2.70. The van der Waals surface area contributed by atoms with Crippen LogP contribution in [0.3, 0.4) is 0 Å². The fraction of sp³-hybridized carbons (Fsp3) is 0.364. The van der Waals surface area contributed by atoms with Gasteiger partial charge in [-0.25, -0.2) is 4.79 Å². The maximum atomic E-state index is 12.1. The Bertz CT molecular complexity index is 837. The standard InChI is InChI=1S/C22H25NO4/c1-26-22(25)12-8-16-7-9-17-10-11-20(14-18(17)13-16)27-15-21(24)23-19-5-3-2-4-6-19/h7-14,19H,2-6,15H2,1H3,(H,23,24)/b12-8+. The zero-order valence-electron chi connectivity index (χ0n) is 15.6. The van der Waals surface area contributed by atoms with Crippen molar-refractivity contribution in [2.75, 3.05) is 13.7 Å². The predicted molar refractivity (Wildman–Crippen MR) is 106 cm³/mol. The quantitative estimate of drug-likeness (QED) is 0.622. The van der Waals surface area contributed by atoms with Gasteiger partial charge in [0.15, 0.2) is 6.61 Å². The lowest BCUT2D eigenvalue weighted by Gasteiger charge is -2.22. The maximum absolute atomic E-state index is 12.1. The molecule has 1 amide bonds. The molecule has 1 fully saturated rings. The minimum absolute atomic E-state index is 0.0178. The molecule has 27 heavy (non-hydrogen) atoms. The van der Waals surface area contributed by atoms with Gasteiger partial charge in [0, 0.05) is 12.1 Å². The topological polar surface area (TPSA) is 64.6 Å². The van der Waals surface area contributed by atoms with Gasteiger partial charge < -0.3 is 14.8 Å². The molecule has 0 radical (unpaired) electrons. The number of nitrogens with one attached hydrogen (secondary N) is 1. The zero-order chi connectivity index (χ0) is 19.1. The Morgan fingerprint density at radius 1 is 1.07 bits per heavy atom. The Morgan fingerprint density at radius 3 is 2.63 bits per heavy atom. The van der Waals surface area contributed by atoms with Gasteiger partial charge in [-0.15, -0.1) is 0 Å². The van der Waals surface area contributed by atoms with Crippen molar-refractivity contribution in [3.05, 3.63) is 48.0 Å². The molecule has 0 saturated heterocycles. The molecular weight excluding hydrogens is 342 g/mol. The molecule has 0 bridgehead atoms. The molecule has 0 heterocycles. The average molecular weight is 367 g/mol. The van der Waals surface area contributed by atoms with Crippen LogP contribution in [0.4, 0.5) is 0 Å². The molecule has 0 unspecified atom stereocenters. The second-order valence-corrected chi connectivity index (χ2v) is 6.82. The molecule has 0 atom stereocenters. The summed E-state index contributed by atoms with van der Waals surface area (Å²) >= 11 is 0.